The summed E-state index contributed by atoms with van der Waals surface area (Å²) < 4.78 is 1.03. The fraction of sp³-hybridized carbons (Fsp3) is 0.375. The molecular weight excluding hydrogens is 316 g/mol. The Balaban J connectivity index is 2.04. The van der Waals surface area contributed by atoms with Crippen LogP contribution in [0.2, 0.25) is 0 Å². The molecule has 104 valence electrons. The Labute approximate surface area is 126 Å². The number of aryl methyl sites for hydroxylation is 1. The van der Waals surface area contributed by atoms with Crippen LogP contribution < -0.4 is 5.56 Å². The summed E-state index contributed by atoms with van der Waals surface area (Å²) in [5, 5.41) is 0. The Bertz CT molecular complexity index is 687. The molecule has 0 spiro atoms. The Kier molecular flexibility index (Phi) is 3.74. The van der Waals surface area contributed by atoms with Gasteiger partial charge in [0, 0.05) is 22.0 Å². The van der Waals surface area contributed by atoms with Crippen LogP contribution in [0.15, 0.2) is 33.5 Å². The number of rotatable bonds is 2. The third-order valence-corrected chi connectivity index (χ3v) is 4.83. The molecule has 0 bridgehead atoms. The van der Waals surface area contributed by atoms with E-state index in [1.165, 1.54) is 18.4 Å². The number of nitrogens with one attached hydrogen (secondary N) is 1. The Morgan fingerprint density at radius 2 is 2.00 bits per heavy atom. The van der Waals surface area contributed by atoms with E-state index in [9.17, 15) is 4.79 Å². The van der Waals surface area contributed by atoms with Crippen molar-refractivity contribution in [2.45, 2.75) is 38.5 Å². The quantitative estimate of drug-likeness (QED) is 0.897. The van der Waals surface area contributed by atoms with Gasteiger partial charge in [-0.3, -0.25) is 4.79 Å². The van der Waals surface area contributed by atoms with Crippen molar-refractivity contribution in [2.24, 2.45) is 0 Å². The van der Waals surface area contributed by atoms with Gasteiger partial charge in [-0.1, -0.05) is 40.9 Å². The van der Waals surface area contributed by atoms with Crippen molar-refractivity contribution in [2.75, 3.05) is 0 Å². The summed E-state index contributed by atoms with van der Waals surface area (Å²) in [6.45, 7) is 2.04. The molecule has 1 aliphatic carbocycles. The largest absolute Gasteiger partial charge is 0.307 e. The lowest BCUT2D eigenvalue weighted by Crippen LogP contribution is -2.12. The van der Waals surface area contributed by atoms with Crippen LogP contribution >= 0.6 is 15.9 Å². The van der Waals surface area contributed by atoms with Gasteiger partial charge >= 0.3 is 0 Å². The molecule has 1 saturated carbocycles. The average molecular weight is 333 g/mol. The van der Waals surface area contributed by atoms with E-state index >= 15 is 0 Å². The molecule has 3 nitrogen and oxygen atoms in total. The van der Waals surface area contributed by atoms with E-state index in [0.717, 1.165) is 28.6 Å². The van der Waals surface area contributed by atoms with Crippen LogP contribution in [0.5, 0.6) is 0 Å². The lowest BCUT2D eigenvalue weighted by atomic mass is 10.0. The maximum atomic E-state index is 11.9. The van der Waals surface area contributed by atoms with Crippen LogP contribution in [0, 0.1) is 6.92 Å². The highest BCUT2D eigenvalue weighted by molar-refractivity contribution is 9.10. The molecule has 1 heterocycles. The van der Waals surface area contributed by atoms with Gasteiger partial charge in [0.25, 0.3) is 5.56 Å². The van der Waals surface area contributed by atoms with E-state index in [1.807, 2.05) is 25.1 Å². The predicted octanol–water partition coefficient (Wildman–Crippen LogP) is 4.17. The SMILES string of the molecule is Cc1ccc(-c2nc(C3CCCC3)cc(=O)[nH]2)cc1Br. The third kappa shape index (κ3) is 2.70. The molecule has 1 aliphatic rings. The van der Waals surface area contributed by atoms with Gasteiger partial charge in [0.2, 0.25) is 0 Å². The molecule has 1 fully saturated rings. The minimum absolute atomic E-state index is 0.0615. The third-order valence-electron chi connectivity index (χ3n) is 3.98. The first-order chi connectivity index (χ1) is 9.63. The number of benzene rings is 1. The second kappa shape index (κ2) is 5.52. The Morgan fingerprint density at radius 3 is 2.70 bits per heavy atom. The summed E-state index contributed by atoms with van der Waals surface area (Å²) in [7, 11) is 0. The maximum absolute atomic E-state index is 11.9. The van der Waals surface area contributed by atoms with E-state index in [4.69, 9.17) is 0 Å². The van der Waals surface area contributed by atoms with E-state index in [2.05, 4.69) is 25.9 Å². The van der Waals surface area contributed by atoms with Gasteiger partial charge in [0.05, 0.1) is 5.69 Å². The molecule has 2 aromatic rings. The van der Waals surface area contributed by atoms with Crippen LogP contribution in [0.1, 0.15) is 42.9 Å². The summed E-state index contributed by atoms with van der Waals surface area (Å²) in [5.74, 6) is 1.12. The number of hydrogen-bond donors (Lipinski definition) is 1. The van der Waals surface area contributed by atoms with Crippen molar-refractivity contribution in [1.82, 2.24) is 9.97 Å². The molecule has 20 heavy (non-hydrogen) atoms. The number of H-pyrrole nitrogens is 1. The number of aromatic amines is 1. The zero-order valence-electron chi connectivity index (χ0n) is 11.4. The molecule has 1 aromatic heterocycles. The highest BCUT2D eigenvalue weighted by Gasteiger charge is 2.19. The van der Waals surface area contributed by atoms with Crippen molar-refractivity contribution in [3.63, 3.8) is 0 Å². The second-order valence-corrected chi connectivity index (χ2v) is 6.32. The molecule has 0 unspecified atom stereocenters. The maximum Gasteiger partial charge on any atom is 0.251 e. The zero-order valence-corrected chi connectivity index (χ0v) is 13.0. The van der Waals surface area contributed by atoms with Gasteiger partial charge in [-0.25, -0.2) is 4.98 Å². The van der Waals surface area contributed by atoms with Gasteiger partial charge in [-0.05, 0) is 31.4 Å². The Hall–Kier alpha value is -1.42. The first kappa shape index (κ1) is 13.6. The zero-order chi connectivity index (χ0) is 14.1. The molecule has 3 rings (SSSR count). The molecule has 0 amide bonds. The van der Waals surface area contributed by atoms with Gasteiger partial charge in [0.15, 0.2) is 0 Å². The summed E-state index contributed by atoms with van der Waals surface area (Å²) in [6, 6.07) is 7.69. The topological polar surface area (TPSA) is 45.8 Å². The summed E-state index contributed by atoms with van der Waals surface area (Å²) in [6.07, 6.45) is 4.77. The summed E-state index contributed by atoms with van der Waals surface area (Å²) in [4.78, 5) is 19.4. The minimum Gasteiger partial charge on any atom is -0.307 e. The molecule has 4 heteroatoms. The van der Waals surface area contributed by atoms with Crippen LogP contribution in [-0.4, -0.2) is 9.97 Å². The number of nitrogens with zero attached hydrogens (tertiary/aromatic N) is 1. The molecule has 1 aromatic carbocycles. The highest BCUT2D eigenvalue weighted by atomic mass is 79.9. The van der Waals surface area contributed by atoms with E-state index in [1.54, 1.807) is 6.07 Å². The molecule has 0 radical (unpaired) electrons. The van der Waals surface area contributed by atoms with Crippen LogP contribution in [0.25, 0.3) is 11.4 Å². The van der Waals surface area contributed by atoms with Crippen LogP contribution in [-0.2, 0) is 0 Å². The minimum atomic E-state index is -0.0615. The van der Waals surface area contributed by atoms with E-state index < -0.39 is 0 Å². The van der Waals surface area contributed by atoms with Gasteiger partial charge < -0.3 is 4.98 Å². The standard InChI is InChI=1S/C16H17BrN2O/c1-10-6-7-12(8-13(10)17)16-18-14(9-15(20)19-16)11-4-2-3-5-11/h6-9,11H,2-5H2,1H3,(H,18,19,20). The first-order valence-electron chi connectivity index (χ1n) is 7.01. The normalized spacial score (nSPS) is 15.7. The fourth-order valence-electron chi connectivity index (χ4n) is 2.78. The van der Waals surface area contributed by atoms with Crippen LogP contribution in [0.3, 0.4) is 0 Å². The average Bonchev–Trinajstić information content (AvgIpc) is 2.95. The fourth-order valence-corrected chi connectivity index (χ4v) is 3.16. The smallest absolute Gasteiger partial charge is 0.251 e. The van der Waals surface area contributed by atoms with Crippen molar-refractivity contribution in [3.05, 3.63) is 50.3 Å². The van der Waals surface area contributed by atoms with Gasteiger partial charge in [-0.15, -0.1) is 0 Å². The van der Waals surface area contributed by atoms with Gasteiger partial charge in [0.1, 0.15) is 5.82 Å². The summed E-state index contributed by atoms with van der Waals surface area (Å²) >= 11 is 3.53. The predicted molar refractivity (Wildman–Crippen MR) is 83.9 cm³/mol. The van der Waals surface area contributed by atoms with Crippen molar-refractivity contribution >= 4 is 15.9 Å². The molecule has 0 atom stereocenters. The first-order valence-corrected chi connectivity index (χ1v) is 7.80. The lowest BCUT2D eigenvalue weighted by molar-refractivity contribution is 0.693. The molecule has 0 saturated heterocycles. The van der Waals surface area contributed by atoms with Crippen LogP contribution in [0.4, 0.5) is 0 Å². The van der Waals surface area contributed by atoms with Crippen molar-refractivity contribution in [1.29, 1.82) is 0 Å². The summed E-state index contributed by atoms with van der Waals surface area (Å²) in [5.41, 5.74) is 2.99. The molecular formula is C16H17BrN2O. The number of aromatic nitrogens is 2. The monoisotopic (exact) mass is 332 g/mol. The number of halogens is 1. The Morgan fingerprint density at radius 1 is 1.25 bits per heavy atom. The molecule has 1 N–H and O–H groups in total. The molecule has 0 aliphatic heterocycles. The van der Waals surface area contributed by atoms with Gasteiger partial charge in [-0.2, -0.15) is 0 Å². The number of hydrogen-bond acceptors (Lipinski definition) is 2. The van der Waals surface area contributed by atoms with Crippen molar-refractivity contribution in [3.8, 4) is 11.4 Å². The van der Waals surface area contributed by atoms with E-state index in [0.29, 0.717) is 11.7 Å². The second-order valence-electron chi connectivity index (χ2n) is 5.46. The highest BCUT2D eigenvalue weighted by Crippen LogP contribution is 2.33. The lowest BCUT2D eigenvalue weighted by Gasteiger charge is -2.10. The van der Waals surface area contributed by atoms with E-state index in [-0.39, 0.29) is 5.56 Å². The van der Waals surface area contributed by atoms with Crippen molar-refractivity contribution < 1.29 is 0 Å².